The molecule has 1 aromatic heterocycles. The lowest BCUT2D eigenvalue weighted by Crippen LogP contribution is -2.34. The molecule has 1 unspecified atom stereocenters. The largest absolute Gasteiger partial charge is 0.454 e. The molecule has 24 heavy (non-hydrogen) atoms. The number of aryl methyl sites for hydroxylation is 1. The Balaban J connectivity index is 1.77. The monoisotopic (exact) mass is 368 g/mol. The SMILES string of the molecule is Cc1ccc(S(=O)(=O)NCC(c2ccc3c(c2)OCO3)N(C)C)s1. The van der Waals surface area contributed by atoms with Gasteiger partial charge in [0.25, 0.3) is 0 Å². The maximum atomic E-state index is 12.4. The fraction of sp³-hybridized carbons (Fsp3) is 0.375. The highest BCUT2D eigenvalue weighted by molar-refractivity contribution is 7.91. The maximum absolute atomic E-state index is 12.4. The van der Waals surface area contributed by atoms with Gasteiger partial charge in [0, 0.05) is 17.5 Å². The van der Waals surface area contributed by atoms with Gasteiger partial charge in [0.1, 0.15) is 4.21 Å². The second kappa shape index (κ2) is 6.72. The number of sulfonamides is 1. The fourth-order valence-electron chi connectivity index (χ4n) is 2.54. The third-order valence-electron chi connectivity index (χ3n) is 3.85. The van der Waals surface area contributed by atoms with Gasteiger partial charge in [-0.2, -0.15) is 0 Å². The lowest BCUT2D eigenvalue weighted by molar-refractivity contribution is 0.174. The first-order valence-electron chi connectivity index (χ1n) is 7.49. The van der Waals surface area contributed by atoms with E-state index in [1.165, 1.54) is 11.3 Å². The van der Waals surface area contributed by atoms with Gasteiger partial charge in [-0.15, -0.1) is 11.3 Å². The lowest BCUT2D eigenvalue weighted by Gasteiger charge is -2.25. The van der Waals surface area contributed by atoms with Crippen molar-refractivity contribution in [2.24, 2.45) is 0 Å². The quantitative estimate of drug-likeness (QED) is 0.848. The van der Waals surface area contributed by atoms with Crippen LogP contribution in [0.2, 0.25) is 0 Å². The lowest BCUT2D eigenvalue weighted by atomic mass is 10.1. The molecular weight excluding hydrogens is 348 g/mol. The van der Waals surface area contributed by atoms with E-state index in [0.29, 0.717) is 15.7 Å². The minimum absolute atomic E-state index is 0.115. The molecule has 8 heteroatoms. The highest BCUT2D eigenvalue weighted by atomic mass is 32.2. The maximum Gasteiger partial charge on any atom is 0.250 e. The molecule has 1 N–H and O–H groups in total. The smallest absolute Gasteiger partial charge is 0.250 e. The topological polar surface area (TPSA) is 67.9 Å². The van der Waals surface area contributed by atoms with Crippen LogP contribution in [0.15, 0.2) is 34.5 Å². The minimum Gasteiger partial charge on any atom is -0.454 e. The summed E-state index contributed by atoms with van der Waals surface area (Å²) in [5.41, 5.74) is 0.967. The molecule has 1 aliphatic heterocycles. The Kier molecular flexibility index (Phi) is 4.82. The van der Waals surface area contributed by atoms with Crippen LogP contribution in [-0.4, -0.2) is 40.8 Å². The van der Waals surface area contributed by atoms with Gasteiger partial charge >= 0.3 is 0 Å². The normalized spacial score (nSPS) is 15.0. The molecule has 1 aliphatic rings. The molecule has 1 atom stereocenters. The number of ether oxygens (including phenoxy) is 2. The highest BCUT2D eigenvalue weighted by Crippen LogP contribution is 2.35. The average molecular weight is 368 g/mol. The van der Waals surface area contributed by atoms with Crippen LogP contribution in [0.3, 0.4) is 0 Å². The Morgan fingerprint density at radius 3 is 2.62 bits per heavy atom. The summed E-state index contributed by atoms with van der Waals surface area (Å²) >= 11 is 1.27. The number of nitrogens with one attached hydrogen (secondary N) is 1. The third-order valence-corrected chi connectivity index (χ3v) is 6.77. The summed E-state index contributed by atoms with van der Waals surface area (Å²) in [5, 5.41) is 0. The van der Waals surface area contributed by atoms with Gasteiger partial charge in [0.05, 0.1) is 0 Å². The van der Waals surface area contributed by atoms with Gasteiger partial charge in [-0.25, -0.2) is 13.1 Å². The predicted molar refractivity (Wildman–Crippen MR) is 93.2 cm³/mol. The van der Waals surface area contributed by atoms with Gasteiger partial charge in [-0.3, -0.25) is 0 Å². The third kappa shape index (κ3) is 3.56. The fourth-order valence-corrected chi connectivity index (χ4v) is 4.90. The molecule has 0 aliphatic carbocycles. The molecule has 0 spiro atoms. The molecule has 130 valence electrons. The second-order valence-electron chi connectivity index (χ2n) is 5.81. The van der Waals surface area contributed by atoms with Crippen molar-refractivity contribution in [1.82, 2.24) is 9.62 Å². The van der Waals surface area contributed by atoms with Crippen LogP contribution in [0.1, 0.15) is 16.5 Å². The van der Waals surface area contributed by atoms with Crippen LogP contribution in [0.5, 0.6) is 11.5 Å². The van der Waals surface area contributed by atoms with Crippen molar-refractivity contribution in [3.8, 4) is 11.5 Å². The zero-order valence-electron chi connectivity index (χ0n) is 13.8. The molecule has 0 saturated carbocycles. The van der Waals surface area contributed by atoms with E-state index in [4.69, 9.17) is 9.47 Å². The van der Waals surface area contributed by atoms with E-state index in [9.17, 15) is 8.42 Å². The van der Waals surface area contributed by atoms with Crippen molar-refractivity contribution in [2.45, 2.75) is 17.2 Å². The Morgan fingerprint density at radius 2 is 1.96 bits per heavy atom. The number of fused-ring (bicyclic) bond motifs is 1. The first-order chi connectivity index (χ1) is 11.4. The van der Waals surface area contributed by atoms with E-state index in [1.807, 2.05) is 44.1 Å². The average Bonchev–Trinajstić information content (AvgIpc) is 3.15. The molecule has 0 bridgehead atoms. The molecule has 0 amide bonds. The standard InChI is InChI=1S/C16H20N2O4S2/c1-11-4-7-16(23-11)24(19,20)17-9-13(18(2)3)12-5-6-14-15(8-12)22-10-21-14/h4-8,13,17H,9-10H2,1-3H3. The summed E-state index contributed by atoms with van der Waals surface area (Å²) in [7, 11) is 0.329. The van der Waals surface area contributed by atoms with Crippen molar-refractivity contribution in [1.29, 1.82) is 0 Å². The Labute approximate surface area is 146 Å². The van der Waals surface area contributed by atoms with Crippen LogP contribution in [-0.2, 0) is 10.0 Å². The zero-order chi connectivity index (χ0) is 17.3. The number of benzene rings is 1. The first kappa shape index (κ1) is 17.2. The van der Waals surface area contributed by atoms with Crippen molar-refractivity contribution in [2.75, 3.05) is 27.4 Å². The van der Waals surface area contributed by atoms with E-state index >= 15 is 0 Å². The zero-order valence-corrected chi connectivity index (χ0v) is 15.4. The van der Waals surface area contributed by atoms with Crippen molar-refractivity contribution < 1.29 is 17.9 Å². The van der Waals surface area contributed by atoms with E-state index in [1.54, 1.807) is 12.1 Å². The predicted octanol–water partition coefficient (Wildman–Crippen LogP) is 2.37. The minimum atomic E-state index is -3.50. The van der Waals surface area contributed by atoms with Crippen LogP contribution in [0.4, 0.5) is 0 Å². The molecule has 0 saturated heterocycles. The van der Waals surface area contributed by atoms with Gasteiger partial charge in [-0.1, -0.05) is 6.07 Å². The molecule has 2 heterocycles. The summed E-state index contributed by atoms with van der Waals surface area (Å²) in [4.78, 5) is 2.94. The summed E-state index contributed by atoms with van der Waals surface area (Å²) in [6, 6.07) is 9.01. The number of hydrogen-bond donors (Lipinski definition) is 1. The molecule has 0 radical (unpaired) electrons. The highest BCUT2D eigenvalue weighted by Gasteiger charge is 2.23. The van der Waals surface area contributed by atoms with Crippen LogP contribution in [0, 0.1) is 6.92 Å². The van der Waals surface area contributed by atoms with E-state index in [2.05, 4.69) is 4.72 Å². The van der Waals surface area contributed by atoms with Gasteiger partial charge in [0.2, 0.25) is 16.8 Å². The van der Waals surface area contributed by atoms with Gasteiger partial charge in [-0.05, 0) is 50.8 Å². The molecule has 1 aromatic carbocycles. The van der Waals surface area contributed by atoms with Crippen molar-refractivity contribution in [3.05, 3.63) is 40.8 Å². The summed E-state index contributed by atoms with van der Waals surface area (Å²) in [5.74, 6) is 1.40. The van der Waals surface area contributed by atoms with Crippen LogP contribution >= 0.6 is 11.3 Å². The molecule has 3 rings (SSSR count). The van der Waals surface area contributed by atoms with Gasteiger partial charge in [0.15, 0.2) is 11.5 Å². The number of likely N-dealkylation sites (N-methyl/N-ethyl adjacent to an activating group) is 1. The number of rotatable bonds is 6. The Hall–Kier alpha value is -1.61. The van der Waals surface area contributed by atoms with Gasteiger partial charge < -0.3 is 14.4 Å². The molecule has 2 aromatic rings. The Morgan fingerprint density at radius 1 is 1.21 bits per heavy atom. The molecular formula is C16H20N2O4S2. The summed E-state index contributed by atoms with van der Waals surface area (Å²) in [6.07, 6.45) is 0. The van der Waals surface area contributed by atoms with Crippen molar-refractivity contribution in [3.63, 3.8) is 0 Å². The number of hydrogen-bond acceptors (Lipinski definition) is 6. The summed E-state index contributed by atoms with van der Waals surface area (Å²) in [6.45, 7) is 2.38. The van der Waals surface area contributed by atoms with E-state index in [0.717, 1.165) is 10.4 Å². The van der Waals surface area contributed by atoms with E-state index in [-0.39, 0.29) is 19.4 Å². The second-order valence-corrected chi connectivity index (χ2v) is 9.09. The molecule has 0 fully saturated rings. The Bertz CT molecular complexity index is 830. The summed E-state index contributed by atoms with van der Waals surface area (Å²) < 4.78 is 38.6. The van der Waals surface area contributed by atoms with Crippen molar-refractivity contribution >= 4 is 21.4 Å². The number of nitrogens with zero attached hydrogens (tertiary/aromatic N) is 1. The first-order valence-corrected chi connectivity index (χ1v) is 9.79. The molecule has 6 nitrogen and oxygen atoms in total. The number of thiophene rings is 1. The van der Waals surface area contributed by atoms with Crippen LogP contribution < -0.4 is 14.2 Å². The van der Waals surface area contributed by atoms with Crippen LogP contribution in [0.25, 0.3) is 0 Å². The van der Waals surface area contributed by atoms with E-state index < -0.39 is 10.0 Å².